The van der Waals surface area contributed by atoms with Gasteiger partial charge in [0.15, 0.2) is 15.1 Å². The van der Waals surface area contributed by atoms with Gasteiger partial charge in [0.2, 0.25) is 0 Å². The van der Waals surface area contributed by atoms with Crippen LogP contribution in [-0.4, -0.2) is 47.9 Å². The van der Waals surface area contributed by atoms with Crippen LogP contribution < -0.4 is 0 Å². The number of thiazole rings is 1. The third-order valence-corrected chi connectivity index (χ3v) is 6.21. The predicted octanol–water partition coefficient (Wildman–Crippen LogP) is 1.46. The SMILES string of the molecule is CC1COCCN1S(=O)(=O)c1c(Cl)nc2sccn12. The fourth-order valence-electron chi connectivity index (χ4n) is 2.15. The molecule has 1 atom stereocenters. The number of halogens is 1. The summed E-state index contributed by atoms with van der Waals surface area (Å²) in [6, 6.07) is -0.209. The van der Waals surface area contributed by atoms with Crippen molar-refractivity contribution >= 4 is 37.9 Å². The van der Waals surface area contributed by atoms with Gasteiger partial charge in [0.25, 0.3) is 10.0 Å². The smallest absolute Gasteiger partial charge is 0.262 e. The Hall–Kier alpha value is -0.670. The van der Waals surface area contributed by atoms with Gasteiger partial charge in [-0.15, -0.1) is 11.3 Å². The van der Waals surface area contributed by atoms with Gasteiger partial charge in [0, 0.05) is 24.2 Å². The molecule has 0 radical (unpaired) electrons. The topological polar surface area (TPSA) is 63.9 Å². The highest BCUT2D eigenvalue weighted by Crippen LogP contribution is 2.29. The van der Waals surface area contributed by atoms with Crippen molar-refractivity contribution in [2.24, 2.45) is 0 Å². The van der Waals surface area contributed by atoms with Crippen LogP contribution in [0.1, 0.15) is 6.92 Å². The third-order valence-electron chi connectivity index (χ3n) is 3.04. The summed E-state index contributed by atoms with van der Waals surface area (Å²) in [7, 11) is -3.67. The first-order chi connectivity index (χ1) is 9.01. The molecule has 0 bridgehead atoms. The summed E-state index contributed by atoms with van der Waals surface area (Å²) in [5.41, 5.74) is 0. The average molecular weight is 322 g/mol. The minimum atomic E-state index is -3.67. The first-order valence-electron chi connectivity index (χ1n) is 5.72. The van der Waals surface area contributed by atoms with E-state index in [2.05, 4.69) is 4.98 Å². The van der Waals surface area contributed by atoms with Crippen molar-refractivity contribution in [1.82, 2.24) is 13.7 Å². The lowest BCUT2D eigenvalue weighted by atomic mass is 10.3. The Morgan fingerprint density at radius 2 is 2.37 bits per heavy atom. The second-order valence-corrected chi connectivity index (χ2v) is 7.34. The number of rotatable bonds is 2. The van der Waals surface area contributed by atoms with E-state index in [0.717, 1.165) is 0 Å². The number of hydrogen-bond donors (Lipinski definition) is 0. The van der Waals surface area contributed by atoms with Crippen LogP contribution in [-0.2, 0) is 14.8 Å². The number of aromatic nitrogens is 2. The molecule has 2 aromatic heterocycles. The van der Waals surface area contributed by atoms with E-state index in [1.54, 1.807) is 11.6 Å². The standard InChI is InChI=1S/C10H12ClN3O3S2/c1-7-6-17-4-2-14(7)19(15,16)9-8(11)12-10-13(9)3-5-18-10/h3,5,7H,2,4,6H2,1H3. The minimum absolute atomic E-state index is 0.0190. The maximum atomic E-state index is 12.7. The van der Waals surface area contributed by atoms with E-state index in [0.29, 0.717) is 24.7 Å². The molecule has 19 heavy (non-hydrogen) atoms. The minimum Gasteiger partial charge on any atom is -0.378 e. The molecule has 0 aromatic carbocycles. The van der Waals surface area contributed by atoms with Crippen LogP contribution in [0.5, 0.6) is 0 Å². The zero-order chi connectivity index (χ0) is 13.6. The molecule has 0 N–H and O–H groups in total. The molecule has 0 spiro atoms. The van der Waals surface area contributed by atoms with Crippen molar-refractivity contribution in [3.63, 3.8) is 0 Å². The molecule has 1 aliphatic heterocycles. The summed E-state index contributed by atoms with van der Waals surface area (Å²) in [4.78, 5) is 4.64. The van der Waals surface area contributed by atoms with Crippen molar-refractivity contribution < 1.29 is 13.2 Å². The molecule has 9 heteroatoms. The second-order valence-electron chi connectivity index (χ2n) is 4.30. The predicted molar refractivity (Wildman–Crippen MR) is 72.3 cm³/mol. The first-order valence-corrected chi connectivity index (χ1v) is 8.42. The molecule has 0 aliphatic carbocycles. The van der Waals surface area contributed by atoms with E-state index in [1.807, 2.05) is 6.92 Å². The highest BCUT2D eigenvalue weighted by atomic mass is 35.5. The maximum Gasteiger partial charge on any atom is 0.262 e. The fraction of sp³-hybridized carbons (Fsp3) is 0.500. The van der Waals surface area contributed by atoms with E-state index in [9.17, 15) is 8.42 Å². The summed E-state index contributed by atoms with van der Waals surface area (Å²) in [5.74, 6) is 0. The van der Waals surface area contributed by atoms with Gasteiger partial charge in [-0.2, -0.15) is 4.31 Å². The molecule has 1 unspecified atom stereocenters. The first kappa shape index (κ1) is 13.3. The molecule has 0 amide bonds. The maximum absolute atomic E-state index is 12.7. The van der Waals surface area contributed by atoms with Crippen LogP contribution in [0.2, 0.25) is 5.15 Å². The Kier molecular flexibility index (Phi) is 3.30. The molecular formula is C10H12ClN3O3S2. The second kappa shape index (κ2) is 4.71. The summed E-state index contributed by atoms with van der Waals surface area (Å²) < 4.78 is 33.6. The van der Waals surface area contributed by atoms with Crippen LogP contribution in [0, 0.1) is 0 Å². The van der Waals surface area contributed by atoms with Crippen LogP contribution >= 0.6 is 22.9 Å². The highest BCUT2D eigenvalue weighted by molar-refractivity contribution is 7.89. The van der Waals surface area contributed by atoms with Gasteiger partial charge in [-0.05, 0) is 6.92 Å². The Morgan fingerprint density at radius 1 is 1.58 bits per heavy atom. The number of ether oxygens (including phenoxy) is 1. The van der Waals surface area contributed by atoms with E-state index < -0.39 is 10.0 Å². The third kappa shape index (κ3) is 2.07. The van der Waals surface area contributed by atoms with E-state index in [4.69, 9.17) is 16.3 Å². The van der Waals surface area contributed by atoms with Crippen molar-refractivity contribution in [1.29, 1.82) is 0 Å². The zero-order valence-electron chi connectivity index (χ0n) is 10.1. The van der Waals surface area contributed by atoms with E-state index >= 15 is 0 Å². The van der Waals surface area contributed by atoms with Crippen LogP contribution in [0.15, 0.2) is 16.6 Å². The monoisotopic (exact) mass is 321 g/mol. The van der Waals surface area contributed by atoms with Crippen molar-refractivity contribution in [3.05, 3.63) is 16.7 Å². The molecule has 1 saturated heterocycles. The van der Waals surface area contributed by atoms with Gasteiger partial charge in [0.05, 0.1) is 13.2 Å². The average Bonchev–Trinajstić information content (AvgIpc) is 2.88. The zero-order valence-corrected chi connectivity index (χ0v) is 12.5. The summed E-state index contributed by atoms with van der Waals surface area (Å²) in [6.45, 7) is 2.93. The largest absolute Gasteiger partial charge is 0.378 e. The Balaban J connectivity index is 2.13. The van der Waals surface area contributed by atoms with Crippen molar-refractivity contribution in [3.8, 4) is 0 Å². The van der Waals surface area contributed by atoms with Gasteiger partial charge in [-0.25, -0.2) is 13.4 Å². The highest BCUT2D eigenvalue weighted by Gasteiger charge is 2.36. The van der Waals surface area contributed by atoms with Gasteiger partial charge in [0.1, 0.15) is 0 Å². The Bertz CT molecular complexity index is 709. The van der Waals surface area contributed by atoms with Crippen LogP contribution in [0.25, 0.3) is 4.96 Å². The molecule has 104 valence electrons. The molecule has 2 aromatic rings. The molecular weight excluding hydrogens is 310 g/mol. The number of fused-ring (bicyclic) bond motifs is 1. The number of nitrogens with zero attached hydrogens (tertiary/aromatic N) is 3. The van der Waals surface area contributed by atoms with Crippen molar-refractivity contribution in [2.45, 2.75) is 18.0 Å². The fourth-order valence-corrected chi connectivity index (χ4v) is 5.16. The molecule has 3 rings (SSSR count). The van der Waals surface area contributed by atoms with Crippen LogP contribution in [0.3, 0.4) is 0 Å². The van der Waals surface area contributed by atoms with Gasteiger partial charge >= 0.3 is 0 Å². The molecule has 1 fully saturated rings. The van der Waals surface area contributed by atoms with Gasteiger partial charge in [-0.1, -0.05) is 11.6 Å². The number of imidazole rings is 1. The summed E-state index contributed by atoms with van der Waals surface area (Å²) >= 11 is 7.34. The number of morpholine rings is 1. The van der Waals surface area contributed by atoms with E-state index in [1.165, 1.54) is 20.0 Å². The lowest BCUT2D eigenvalue weighted by molar-refractivity contribution is 0.0391. The normalized spacial score (nSPS) is 22.1. The molecule has 0 saturated carbocycles. The quantitative estimate of drug-likeness (QED) is 0.840. The molecule has 1 aliphatic rings. The molecule has 3 heterocycles. The Morgan fingerprint density at radius 3 is 3.11 bits per heavy atom. The lowest BCUT2D eigenvalue weighted by Gasteiger charge is -2.31. The summed E-state index contributed by atoms with van der Waals surface area (Å²) in [5, 5.41) is 1.84. The summed E-state index contributed by atoms with van der Waals surface area (Å²) in [6.07, 6.45) is 1.66. The molecule has 6 nitrogen and oxygen atoms in total. The van der Waals surface area contributed by atoms with E-state index in [-0.39, 0.29) is 16.2 Å². The number of hydrogen-bond acceptors (Lipinski definition) is 5. The van der Waals surface area contributed by atoms with Crippen molar-refractivity contribution in [2.75, 3.05) is 19.8 Å². The van der Waals surface area contributed by atoms with Crippen LogP contribution in [0.4, 0.5) is 0 Å². The number of sulfonamides is 1. The van der Waals surface area contributed by atoms with Gasteiger partial charge < -0.3 is 4.74 Å². The Labute approximate surface area is 119 Å². The lowest BCUT2D eigenvalue weighted by Crippen LogP contribution is -2.47. The van der Waals surface area contributed by atoms with Gasteiger partial charge in [-0.3, -0.25) is 4.40 Å².